The molecule has 0 N–H and O–H groups in total. The van der Waals surface area contributed by atoms with Crippen molar-refractivity contribution in [3.63, 3.8) is 0 Å². The monoisotopic (exact) mass is 331 g/mol. The van der Waals surface area contributed by atoms with Crippen molar-refractivity contribution in [1.82, 2.24) is 25.1 Å². The third kappa shape index (κ3) is 3.44. The largest absolute Gasteiger partial charge is 0.337 e. The van der Waals surface area contributed by atoms with Crippen LogP contribution in [0.25, 0.3) is 0 Å². The molecular formula is C17H22FN5O. The van der Waals surface area contributed by atoms with Crippen molar-refractivity contribution in [1.29, 1.82) is 0 Å². The smallest absolute Gasteiger partial charge is 0.244 e. The highest BCUT2D eigenvalue weighted by Crippen LogP contribution is 2.44. The second kappa shape index (κ2) is 6.67. The summed E-state index contributed by atoms with van der Waals surface area (Å²) >= 11 is 0. The zero-order valence-electron chi connectivity index (χ0n) is 14.2. The Morgan fingerprint density at radius 1 is 1.33 bits per heavy atom. The Morgan fingerprint density at radius 3 is 2.58 bits per heavy atom. The molecule has 1 aromatic carbocycles. The van der Waals surface area contributed by atoms with Crippen LogP contribution in [0.3, 0.4) is 0 Å². The van der Waals surface area contributed by atoms with E-state index in [1.54, 1.807) is 28.8 Å². The number of nitrogens with zero attached hydrogens (tertiary/aromatic N) is 5. The normalized spacial score (nSPS) is 15.5. The molecule has 128 valence electrons. The molecule has 24 heavy (non-hydrogen) atoms. The number of aromatic nitrogens is 4. The minimum Gasteiger partial charge on any atom is -0.337 e. The summed E-state index contributed by atoms with van der Waals surface area (Å²) in [6.07, 6.45) is 2.17. The van der Waals surface area contributed by atoms with Crippen LogP contribution < -0.4 is 0 Å². The average Bonchev–Trinajstić information content (AvgIpc) is 3.27. The Hall–Kier alpha value is -2.31. The van der Waals surface area contributed by atoms with E-state index in [-0.39, 0.29) is 30.2 Å². The first-order valence-electron chi connectivity index (χ1n) is 8.24. The number of tetrazole rings is 1. The maximum absolute atomic E-state index is 13.2. The van der Waals surface area contributed by atoms with Gasteiger partial charge in [0.2, 0.25) is 5.91 Å². The maximum Gasteiger partial charge on any atom is 0.244 e. The lowest BCUT2D eigenvalue weighted by atomic mass is 10.0. The fourth-order valence-electron chi connectivity index (χ4n) is 3.02. The summed E-state index contributed by atoms with van der Waals surface area (Å²) in [6, 6.07) is 6.39. The number of benzene rings is 1. The number of halogens is 1. The van der Waals surface area contributed by atoms with E-state index in [1.807, 2.05) is 13.8 Å². The molecule has 0 bridgehead atoms. The molecule has 1 aliphatic rings. The van der Waals surface area contributed by atoms with Crippen LogP contribution in [0.4, 0.5) is 4.39 Å². The summed E-state index contributed by atoms with van der Waals surface area (Å²) in [5.41, 5.74) is 0.968. The molecule has 1 unspecified atom stereocenters. The number of likely N-dealkylation sites (N-methyl/N-ethyl adjacent to an activating group) is 1. The van der Waals surface area contributed by atoms with Crippen molar-refractivity contribution in [3.8, 4) is 0 Å². The third-order valence-electron chi connectivity index (χ3n) is 4.45. The molecule has 6 nitrogen and oxygen atoms in total. The molecule has 1 aromatic heterocycles. The van der Waals surface area contributed by atoms with Gasteiger partial charge in [-0.2, -0.15) is 0 Å². The van der Waals surface area contributed by atoms with E-state index in [1.165, 1.54) is 12.1 Å². The van der Waals surface area contributed by atoms with E-state index < -0.39 is 0 Å². The van der Waals surface area contributed by atoms with Crippen molar-refractivity contribution < 1.29 is 9.18 Å². The molecule has 2 aromatic rings. The first kappa shape index (κ1) is 16.5. The molecule has 1 heterocycles. The maximum atomic E-state index is 13.2. The summed E-state index contributed by atoms with van der Waals surface area (Å²) in [5, 5.41) is 11.6. The lowest BCUT2D eigenvalue weighted by molar-refractivity contribution is -0.133. The van der Waals surface area contributed by atoms with Gasteiger partial charge in [0, 0.05) is 13.0 Å². The van der Waals surface area contributed by atoms with Gasteiger partial charge in [-0.15, -0.1) is 5.10 Å². The molecule has 0 aliphatic heterocycles. The lowest BCUT2D eigenvalue weighted by Gasteiger charge is -2.29. The summed E-state index contributed by atoms with van der Waals surface area (Å²) in [5.74, 6) is 0.960. The van der Waals surface area contributed by atoms with Crippen molar-refractivity contribution >= 4 is 5.91 Å². The average molecular weight is 331 g/mol. The molecule has 0 spiro atoms. The van der Waals surface area contributed by atoms with Gasteiger partial charge in [0.15, 0.2) is 5.82 Å². The zero-order valence-corrected chi connectivity index (χ0v) is 14.2. The van der Waals surface area contributed by atoms with E-state index in [0.29, 0.717) is 11.7 Å². The Balaban J connectivity index is 1.77. The molecule has 0 radical (unpaired) electrons. The van der Waals surface area contributed by atoms with Gasteiger partial charge in [-0.25, -0.2) is 9.07 Å². The van der Waals surface area contributed by atoms with Gasteiger partial charge >= 0.3 is 0 Å². The molecule has 1 amide bonds. The predicted octanol–water partition coefficient (Wildman–Crippen LogP) is 2.55. The number of carbonyl (C=O) groups is 1. The standard InChI is InChI=1S/C17H22FN5O/c1-11(2)17-19-20-21-23(17)10-15(24)22(3)16(12-4-5-12)13-6-8-14(18)9-7-13/h6-9,11-12,16H,4-5,10H2,1-3H3. The number of carbonyl (C=O) groups excluding carboxylic acids is 1. The Labute approximate surface area is 140 Å². The van der Waals surface area contributed by atoms with Crippen molar-refractivity contribution in [2.24, 2.45) is 5.92 Å². The van der Waals surface area contributed by atoms with E-state index in [2.05, 4.69) is 15.5 Å². The van der Waals surface area contributed by atoms with Crippen molar-refractivity contribution in [2.45, 2.75) is 45.2 Å². The predicted molar refractivity (Wildman–Crippen MR) is 86.5 cm³/mol. The van der Waals surface area contributed by atoms with Gasteiger partial charge in [0.05, 0.1) is 6.04 Å². The summed E-state index contributed by atoms with van der Waals surface area (Å²) in [7, 11) is 1.80. The second-order valence-corrected chi connectivity index (χ2v) is 6.69. The molecule has 3 rings (SSSR count). The lowest BCUT2D eigenvalue weighted by Crippen LogP contribution is -2.35. The second-order valence-electron chi connectivity index (χ2n) is 6.69. The highest BCUT2D eigenvalue weighted by atomic mass is 19.1. The van der Waals surface area contributed by atoms with Crippen LogP contribution in [0.5, 0.6) is 0 Å². The number of hydrogen-bond acceptors (Lipinski definition) is 4. The topological polar surface area (TPSA) is 63.9 Å². The van der Waals surface area contributed by atoms with E-state index in [4.69, 9.17) is 0 Å². The van der Waals surface area contributed by atoms with Crippen LogP contribution in [-0.4, -0.2) is 38.1 Å². The van der Waals surface area contributed by atoms with Crippen LogP contribution in [-0.2, 0) is 11.3 Å². The van der Waals surface area contributed by atoms with Gasteiger partial charge in [-0.1, -0.05) is 26.0 Å². The quantitative estimate of drug-likeness (QED) is 0.816. The first-order chi connectivity index (χ1) is 11.5. The van der Waals surface area contributed by atoms with Crippen molar-refractivity contribution in [2.75, 3.05) is 7.05 Å². The van der Waals surface area contributed by atoms with E-state index >= 15 is 0 Å². The van der Waals surface area contributed by atoms with Gasteiger partial charge in [-0.3, -0.25) is 4.79 Å². The molecule has 1 aliphatic carbocycles. The number of hydrogen-bond donors (Lipinski definition) is 0. The van der Waals surface area contributed by atoms with E-state index in [9.17, 15) is 9.18 Å². The minimum absolute atomic E-state index is 0.0305. The summed E-state index contributed by atoms with van der Waals surface area (Å²) < 4.78 is 14.7. The molecule has 1 saturated carbocycles. The zero-order chi connectivity index (χ0) is 17.3. The highest BCUT2D eigenvalue weighted by molar-refractivity contribution is 5.76. The molecule has 1 fully saturated rings. The Bertz CT molecular complexity index is 708. The SMILES string of the molecule is CC(C)c1nnnn1CC(=O)N(C)C(c1ccc(F)cc1)C1CC1. The summed E-state index contributed by atoms with van der Waals surface area (Å²) in [4.78, 5) is 14.5. The first-order valence-corrected chi connectivity index (χ1v) is 8.24. The molecule has 7 heteroatoms. The van der Waals surface area contributed by atoms with Crippen LogP contribution >= 0.6 is 0 Å². The van der Waals surface area contributed by atoms with Gasteiger partial charge in [0.1, 0.15) is 12.4 Å². The number of rotatable bonds is 6. The van der Waals surface area contributed by atoms with Crippen LogP contribution in [0.2, 0.25) is 0 Å². The minimum atomic E-state index is -0.266. The fraction of sp³-hybridized carbons (Fsp3) is 0.529. The van der Waals surface area contributed by atoms with Crippen LogP contribution in [0, 0.1) is 11.7 Å². The Morgan fingerprint density at radius 2 is 2.00 bits per heavy atom. The number of amides is 1. The van der Waals surface area contributed by atoms with Crippen LogP contribution in [0.1, 0.15) is 50.0 Å². The third-order valence-corrected chi connectivity index (χ3v) is 4.45. The van der Waals surface area contributed by atoms with Gasteiger partial charge in [-0.05, 0) is 46.9 Å². The van der Waals surface area contributed by atoms with Crippen LogP contribution in [0.15, 0.2) is 24.3 Å². The van der Waals surface area contributed by atoms with Gasteiger partial charge < -0.3 is 4.90 Å². The van der Waals surface area contributed by atoms with E-state index in [0.717, 1.165) is 18.4 Å². The van der Waals surface area contributed by atoms with Gasteiger partial charge in [0.25, 0.3) is 0 Å². The Kier molecular flexibility index (Phi) is 4.59. The molecular weight excluding hydrogens is 309 g/mol. The highest BCUT2D eigenvalue weighted by Gasteiger charge is 2.37. The molecule has 0 saturated heterocycles. The summed E-state index contributed by atoms with van der Waals surface area (Å²) in [6.45, 7) is 4.09. The molecule has 1 atom stereocenters. The van der Waals surface area contributed by atoms with Crippen molar-refractivity contribution in [3.05, 3.63) is 41.5 Å². The fourth-order valence-corrected chi connectivity index (χ4v) is 3.02.